The van der Waals surface area contributed by atoms with Crippen molar-refractivity contribution in [2.75, 3.05) is 7.05 Å². The molecule has 2 aliphatic heterocycles. The van der Waals surface area contributed by atoms with Gasteiger partial charge in [0.2, 0.25) is 0 Å². The minimum atomic E-state index is 0.161. The highest BCUT2D eigenvalue weighted by atomic mass is 15.6. The summed E-state index contributed by atoms with van der Waals surface area (Å²) in [7, 11) is 1.80. The van der Waals surface area contributed by atoms with E-state index < -0.39 is 0 Å². The van der Waals surface area contributed by atoms with Crippen molar-refractivity contribution < 1.29 is 0 Å². The second-order valence-corrected chi connectivity index (χ2v) is 4.21. The van der Waals surface area contributed by atoms with E-state index in [1.165, 1.54) is 5.57 Å². The highest BCUT2D eigenvalue weighted by Crippen LogP contribution is 2.20. The number of hydrogen-bond acceptors (Lipinski definition) is 4. The van der Waals surface area contributed by atoms with Gasteiger partial charge in [0.1, 0.15) is 12.5 Å². The summed E-state index contributed by atoms with van der Waals surface area (Å²) in [5.41, 5.74) is 3.36. The number of nitrogens with zero attached hydrogens (tertiary/aromatic N) is 3. The fourth-order valence-corrected chi connectivity index (χ4v) is 1.89. The molecule has 1 atom stereocenters. The Balaban J connectivity index is 2.16. The second kappa shape index (κ2) is 5.49. The molecule has 0 aliphatic carbocycles. The first-order valence-corrected chi connectivity index (χ1v) is 5.96. The molecule has 0 spiro atoms. The maximum Gasteiger partial charge on any atom is 0.140 e. The lowest BCUT2D eigenvalue weighted by molar-refractivity contribution is 0.347. The Morgan fingerprint density at radius 3 is 3.22 bits per heavy atom. The summed E-state index contributed by atoms with van der Waals surface area (Å²) in [6, 6.07) is 0. The first-order chi connectivity index (χ1) is 8.74. The molecule has 4 nitrogen and oxygen atoms in total. The molecule has 18 heavy (non-hydrogen) atoms. The van der Waals surface area contributed by atoms with E-state index in [9.17, 15) is 0 Å². The third kappa shape index (κ3) is 2.59. The lowest BCUT2D eigenvalue weighted by Gasteiger charge is -2.22. The Kier molecular flexibility index (Phi) is 3.77. The van der Waals surface area contributed by atoms with E-state index in [2.05, 4.69) is 47.1 Å². The highest BCUT2D eigenvalue weighted by Gasteiger charge is 2.19. The molecule has 0 amide bonds. The average molecular weight is 242 g/mol. The molecule has 0 aromatic rings. The summed E-state index contributed by atoms with van der Waals surface area (Å²) in [6.45, 7) is 5.82. The minimum Gasteiger partial charge on any atom is -0.350 e. The van der Waals surface area contributed by atoms with Crippen LogP contribution in [0.15, 0.2) is 58.3 Å². The zero-order valence-electron chi connectivity index (χ0n) is 10.8. The third-order valence-corrected chi connectivity index (χ3v) is 2.93. The molecule has 2 rings (SSSR count). The Hall–Kier alpha value is -2.10. The fraction of sp³-hybridized carbons (Fsp3) is 0.286. The van der Waals surface area contributed by atoms with Crippen LogP contribution in [0.3, 0.4) is 0 Å². The van der Waals surface area contributed by atoms with Crippen molar-refractivity contribution in [1.29, 1.82) is 0 Å². The Labute approximate surface area is 108 Å². The van der Waals surface area contributed by atoms with Gasteiger partial charge in [-0.05, 0) is 30.2 Å². The molecule has 0 aromatic heterocycles. The van der Waals surface area contributed by atoms with Crippen molar-refractivity contribution in [3.05, 3.63) is 48.2 Å². The van der Waals surface area contributed by atoms with Crippen molar-refractivity contribution in [3.8, 4) is 0 Å². The van der Waals surface area contributed by atoms with Gasteiger partial charge in [0.15, 0.2) is 0 Å². The van der Waals surface area contributed by atoms with Crippen LogP contribution in [-0.2, 0) is 0 Å². The van der Waals surface area contributed by atoms with E-state index in [1.807, 2.05) is 17.3 Å². The monoisotopic (exact) mass is 242 g/mol. The maximum atomic E-state index is 4.24. The summed E-state index contributed by atoms with van der Waals surface area (Å²) in [6.07, 6.45) is 12.8. The minimum absolute atomic E-state index is 0.161. The van der Waals surface area contributed by atoms with Crippen molar-refractivity contribution in [2.24, 2.45) is 10.1 Å². The van der Waals surface area contributed by atoms with Crippen LogP contribution in [0.4, 0.5) is 0 Å². The summed E-state index contributed by atoms with van der Waals surface area (Å²) in [5, 5.41) is 9.26. The van der Waals surface area contributed by atoms with Crippen LogP contribution in [-0.4, -0.2) is 30.3 Å². The van der Waals surface area contributed by atoms with Crippen molar-refractivity contribution in [3.63, 3.8) is 0 Å². The largest absolute Gasteiger partial charge is 0.350 e. The van der Waals surface area contributed by atoms with Crippen LogP contribution in [0.2, 0.25) is 0 Å². The number of allylic oxidation sites excluding steroid dienone is 5. The summed E-state index contributed by atoms with van der Waals surface area (Å²) < 4.78 is 0. The molecule has 0 bridgehead atoms. The van der Waals surface area contributed by atoms with Crippen molar-refractivity contribution >= 4 is 12.1 Å². The molecule has 0 fully saturated rings. The van der Waals surface area contributed by atoms with Crippen molar-refractivity contribution in [1.82, 2.24) is 10.3 Å². The van der Waals surface area contributed by atoms with E-state index in [0.717, 1.165) is 17.7 Å². The quantitative estimate of drug-likeness (QED) is 0.606. The van der Waals surface area contributed by atoms with Crippen LogP contribution in [0, 0.1) is 0 Å². The fourth-order valence-electron chi connectivity index (χ4n) is 1.89. The maximum absolute atomic E-state index is 4.24. The van der Waals surface area contributed by atoms with Crippen LogP contribution >= 0.6 is 0 Å². The zero-order valence-corrected chi connectivity index (χ0v) is 10.8. The molecule has 0 saturated carbocycles. The second-order valence-electron chi connectivity index (χ2n) is 4.21. The van der Waals surface area contributed by atoms with Gasteiger partial charge in [0.25, 0.3) is 0 Å². The van der Waals surface area contributed by atoms with Gasteiger partial charge in [-0.2, -0.15) is 5.10 Å². The van der Waals surface area contributed by atoms with Crippen molar-refractivity contribution in [2.45, 2.75) is 19.5 Å². The first kappa shape index (κ1) is 12.4. The molecule has 2 heterocycles. The third-order valence-electron chi connectivity index (χ3n) is 2.93. The molecule has 0 saturated heterocycles. The van der Waals surface area contributed by atoms with Crippen LogP contribution in [0.1, 0.15) is 13.3 Å². The molecule has 1 N–H and O–H groups in total. The van der Waals surface area contributed by atoms with Gasteiger partial charge < -0.3 is 5.32 Å². The standard InChI is InChI=1S/C14H18N4/c1-4-5-13(15-3)8-11(2)12-6-7-14-16-10-17-18(14)9-12/h4,6-10,14H,1,5H2,2-3H3,(H,16,17)/b11-8+,15-13-. The number of hydrazone groups is 1. The van der Waals surface area contributed by atoms with Gasteiger partial charge in [0.05, 0.1) is 0 Å². The number of fused-ring (bicyclic) bond motifs is 1. The number of rotatable bonds is 4. The van der Waals surface area contributed by atoms with Gasteiger partial charge >= 0.3 is 0 Å². The average Bonchev–Trinajstić information content (AvgIpc) is 2.85. The lowest BCUT2D eigenvalue weighted by atomic mass is 10.0. The summed E-state index contributed by atoms with van der Waals surface area (Å²) >= 11 is 0. The van der Waals surface area contributed by atoms with Crippen LogP contribution in [0.5, 0.6) is 0 Å². The number of aliphatic imine (C=N–C) groups is 1. The van der Waals surface area contributed by atoms with Crippen LogP contribution in [0.25, 0.3) is 0 Å². The van der Waals surface area contributed by atoms with E-state index >= 15 is 0 Å². The van der Waals surface area contributed by atoms with Gasteiger partial charge in [-0.25, -0.2) is 5.01 Å². The molecular formula is C14H18N4. The molecule has 2 aliphatic rings. The van der Waals surface area contributed by atoms with Crippen LogP contribution < -0.4 is 5.32 Å². The lowest BCUT2D eigenvalue weighted by Crippen LogP contribution is -2.32. The summed E-state index contributed by atoms with van der Waals surface area (Å²) in [5.74, 6) is 0. The van der Waals surface area contributed by atoms with E-state index in [-0.39, 0.29) is 6.17 Å². The zero-order chi connectivity index (χ0) is 13.0. The van der Waals surface area contributed by atoms with Gasteiger partial charge in [-0.1, -0.05) is 12.2 Å². The van der Waals surface area contributed by atoms with E-state index in [4.69, 9.17) is 0 Å². The van der Waals surface area contributed by atoms with Gasteiger partial charge in [-0.3, -0.25) is 4.99 Å². The van der Waals surface area contributed by atoms with E-state index in [0.29, 0.717) is 0 Å². The Morgan fingerprint density at radius 2 is 2.50 bits per heavy atom. The molecule has 1 unspecified atom stereocenters. The number of nitrogens with one attached hydrogen (secondary N) is 1. The predicted octanol–water partition coefficient (Wildman–Crippen LogP) is 2.21. The first-order valence-electron chi connectivity index (χ1n) is 5.96. The van der Waals surface area contributed by atoms with Gasteiger partial charge in [0, 0.05) is 25.4 Å². The topological polar surface area (TPSA) is 40.0 Å². The van der Waals surface area contributed by atoms with Gasteiger partial charge in [-0.15, -0.1) is 6.58 Å². The molecule has 0 radical (unpaired) electrons. The predicted molar refractivity (Wildman–Crippen MR) is 76.4 cm³/mol. The summed E-state index contributed by atoms with van der Waals surface area (Å²) in [4.78, 5) is 4.24. The smallest absolute Gasteiger partial charge is 0.140 e. The SMILES string of the molecule is C=CCC(/C=C(\C)C1=CN2N=CNC2C=C1)=N/C. The Morgan fingerprint density at radius 1 is 1.67 bits per heavy atom. The Bertz CT molecular complexity index is 480. The molecule has 4 heteroatoms. The number of hydrogen-bond donors (Lipinski definition) is 1. The molecule has 94 valence electrons. The molecular weight excluding hydrogens is 224 g/mol. The van der Waals surface area contributed by atoms with E-state index in [1.54, 1.807) is 13.4 Å². The normalized spacial score (nSPS) is 22.7. The molecule has 0 aromatic carbocycles. The highest BCUT2D eigenvalue weighted by molar-refractivity contribution is 5.97.